The van der Waals surface area contributed by atoms with Gasteiger partial charge in [-0.25, -0.2) is 8.42 Å². The third kappa shape index (κ3) is 3.32. The molecule has 1 fully saturated rings. The quantitative estimate of drug-likeness (QED) is 0.622. The number of sulfonamides is 1. The summed E-state index contributed by atoms with van der Waals surface area (Å²) in [5.74, 6) is 3.07. The Morgan fingerprint density at radius 3 is 2.57 bits per heavy atom. The van der Waals surface area contributed by atoms with Gasteiger partial charge >= 0.3 is 0 Å². The normalized spacial score (nSPS) is 16.9. The Kier molecular flexibility index (Phi) is 3.97. The zero-order chi connectivity index (χ0) is 10.6. The van der Waals surface area contributed by atoms with E-state index in [1.165, 1.54) is 4.31 Å². The smallest absolute Gasteiger partial charge is 0.212 e. The zero-order valence-electron chi connectivity index (χ0n) is 8.57. The van der Waals surface area contributed by atoms with E-state index >= 15 is 0 Å². The van der Waals surface area contributed by atoms with Crippen LogP contribution in [-0.4, -0.2) is 31.6 Å². The van der Waals surface area contributed by atoms with E-state index in [9.17, 15) is 8.42 Å². The van der Waals surface area contributed by atoms with Crippen LogP contribution in [0.1, 0.15) is 26.2 Å². The second-order valence-corrected chi connectivity index (χ2v) is 5.77. The van der Waals surface area contributed by atoms with Gasteiger partial charge in [0.05, 0.1) is 12.3 Å². The van der Waals surface area contributed by atoms with Crippen molar-refractivity contribution >= 4 is 10.0 Å². The predicted molar refractivity (Wildman–Crippen MR) is 57.2 cm³/mol. The van der Waals surface area contributed by atoms with Gasteiger partial charge < -0.3 is 0 Å². The summed E-state index contributed by atoms with van der Waals surface area (Å²) in [6, 6.07) is 0. The summed E-state index contributed by atoms with van der Waals surface area (Å²) in [5, 5.41) is 0. The van der Waals surface area contributed by atoms with Gasteiger partial charge in [0.15, 0.2) is 0 Å². The van der Waals surface area contributed by atoms with Crippen LogP contribution in [0, 0.1) is 18.3 Å². The lowest BCUT2D eigenvalue weighted by molar-refractivity contribution is 0.444. The van der Waals surface area contributed by atoms with Crippen LogP contribution in [0.25, 0.3) is 0 Å². The maximum absolute atomic E-state index is 11.8. The highest BCUT2D eigenvalue weighted by molar-refractivity contribution is 7.89. The fraction of sp³-hybridized carbons (Fsp3) is 0.800. The first-order chi connectivity index (χ1) is 6.60. The van der Waals surface area contributed by atoms with Crippen molar-refractivity contribution in [3.8, 4) is 12.3 Å². The first-order valence-corrected chi connectivity index (χ1v) is 6.62. The fourth-order valence-corrected chi connectivity index (χ4v) is 3.23. The molecule has 0 saturated heterocycles. The molecule has 0 aromatic heterocycles. The van der Waals surface area contributed by atoms with Crippen molar-refractivity contribution in [2.75, 3.05) is 18.8 Å². The van der Waals surface area contributed by atoms with Gasteiger partial charge in [-0.1, -0.05) is 12.8 Å². The number of hydrogen-bond acceptors (Lipinski definition) is 2. The number of hydrogen-bond donors (Lipinski definition) is 0. The van der Waals surface area contributed by atoms with E-state index in [-0.39, 0.29) is 12.3 Å². The lowest BCUT2D eigenvalue weighted by Crippen LogP contribution is -2.34. The van der Waals surface area contributed by atoms with Gasteiger partial charge in [0.1, 0.15) is 0 Å². The van der Waals surface area contributed by atoms with Crippen LogP contribution in [-0.2, 0) is 10.0 Å². The second kappa shape index (κ2) is 4.81. The lowest BCUT2D eigenvalue weighted by atomic mass is 10.5. The van der Waals surface area contributed by atoms with E-state index in [4.69, 9.17) is 6.42 Å². The van der Waals surface area contributed by atoms with Gasteiger partial charge in [0.2, 0.25) is 10.0 Å². The van der Waals surface area contributed by atoms with Crippen molar-refractivity contribution in [2.24, 2.45) is 5.92 Å². The number of rotatable bonds is 6. The van der Waals surface area contributed by atoms with Crippen LogP contribution in [0.2, 0.25) is 0 Å². The van der Waals surface area contributed by atoms with E-state index in [1.54, 1.807) is 0 Å². The molecule has 4 heteroatoms. The molecule has 0 aliphatic heterocycles. The van der Waals surface area contributed by atoms with Gasteiger partial charge in [0.25, 0.3) is 0 Å². The van der Waals surface area contributed by atoms with Crippen molar-refractivity contribution in [1.82, 2.24) is 4.31 Å². The molecule has 0 heterocycles. The van der Waals surface area contributed by atoms with Crippen LogP contribution in [0.15, 0.2) is 0 Å². The van der Waals surface area contributed by atoms with Gasteiger partial charge in [-0.15, -0.1) is 6.42 Å². The molecule has 0 N–H and O–H groups in total. The maximum atomic E-state index is 11.8. The van der Waals surface area contributed by atoms with E-state index in [0.717, 1.165) is 19.3 Å². The lowest BCUT2D eigenvalue weighted by Gasteiger charge is -2.18. The Balaban J connectivity index is 2.59. The van der Waals surface area contributed by atoms with Crippen molar-refractivity contribution in [2.45, 2.75) is 26.2 Å². The fourth-order valence-electron chi connectivity index (χ4n) is 1.36. The molecule has 1 aliphatic rings. The van der Waals surface area contributed by atoms with Gasteiger partial charge in [-0.05, 0) is 25.2 Å². The average molecular weight is 215 g/mol. The maximum Gasteiger partial charge on any atom is 0.215 e. The predicted octanol–water partition coefficient (Wildman–Crippen LogP) is 1.07. The minimum absolute atomic E-state index is 0.211. The van der Waals surface area contributed by atoms with E-state index in [2.05, 4.69) is 5.92 Å². The second-order valence-electron chi connectivity index (χ2n) is 3.76. The Hall–Kier alpha value is -0.530. The van der Waals surface area contributed by atoms with Crippen LogP contribution >= 0.6 is 0 Å². The monoisotopic (exact) mass is 215 g/mol. The SMILES string of the molecule is C#CCN(CCC)S(=O)(=O)CC1CC1. The minimum atomic E-state index is -3.09. The molecular weight excluding hydrogens is 198 g/mol. The molecular formula is C10H17NO2S. The van der Waals surface area contributed by atoms with Crippen molar-refractivity contribution in [3.63, 3.8) is 0 Å². The van der Waals surface area contributed by atoms with Crippen molar-refractivity contribution in [3.05, 3.63) is 0 Å². The molecule has 0 unspecified atom stereocenters. The summed E-state index contributed by atoms with van der Waals surface area (Å²) < 4.78 is 25.0. The summed E-state index contributed by atoms with van der Waals surface area (Å²) >= 11 is 0. The van der Waals surface area contributed by atoms with E-state index in [0.29, 0.717) is 12.5 Å². The molecule has 0 amide bonds. The molecule has 1 saturated carbocycles. The Labute approximate surface area is 86.5 Å². The average Bonchev–Trinajstić information content (AvgIpc) is 2.87. The number of nitrogens with zero attached hydrogens (tertiary/aromatic N) is 1. The van der Waals surface area contributed by atoms with Gasteiger partial charge in [0, 0.05) is 6.54 Å². The van der Waals surface area contributed by atoms with Gasteiger partial charge in [-0.3, -0.25) is 0 Å². The topological polar surface area (TPSA) is 37.4 Å². The molecule has 0 aromatic rings. The van der Waals surface area contributed by atoms with Gasteiger partial charge in [-0.2, -0.15) is 4.31 Å². The minimum Gasteiger partial charge on any atom is -0.212 e. The highest BCUT2D eigenvalue weighted by Crippen LogP contribution is 2.31. The molecule has 14 heavy (non-hydrogen) atoms. The third-order valence-corrected chi connectivity index (χ3v) is 4.27. The summed E-state index contributed by atoms with van der Waals surface area (Å²) in [5.41, 5.74) is 0. The van der Waals surface area contributed by atoms with Crippen LogP contribution < -0.4 is 0 Å². The molecule has 0 radical (unpaired) electrons. The molecule has 3 nitrogen and oxygen atoms in total. The molecule has 0 spiro atoms. The molecule has 0 atom stereocenters. The Morgan fingerprint density at radius 1 is 1.50 bits per heavy atom. The van der Waals surface area contributed by atoms with Crippen molar-refractivity contribution in [1.29, 1.82) is 0 Å². The van der Waals surface area contributed by atoms with Crippen molar-refractivity contribution < 1.29 is 8.42 Å². The zero-order valence-corrected chi connectivity index (χ0v) is 9.39. The first-order valence-electron chi connectivity index (χ1n) is 5.01. The highest BCUT2D eigenvalue weighted by Gasteiger charge is 2.31. The summed E-state index contributed by atoms with van der Waals surface area (Å²) in [6.45, 7) is 2.71. The third-order valence-electron chi connectivity index (χ3n) is 2.28. The Morgan fingerprint density at radius 2 is 2.14 bits per heavy atom. The molecule has 0 bridgehead atoms. The first kappa shape index (κ1) is 11.5. The molecule has 0 aromatic carbocycles. The summed E-state index contributed by atoms with van der Waals surface area (Å²) in [7, 11) is -3.09. The molecule has 80 valence electrons. The van der Waals surface area contributed by atoms with Crippen LogP contribution in [0.3, 0.4) is 0 Å². The number of terminal acetylenes is 1. The largest absolute Gasteiger partial charge is 0.215 e. The molecule has 1 rings (SSSR count). The van der Waals surface area contributed by atoms with E-state index < -0.39 is 10.0 Å². The van der Waals surface area contributed by atoms with Crippen LogP contribution in [0.5, 0.6) is 0 Å². The highest BCUT2D eigenvalue weighted by atomic mass is 32.2. The summed E-state index contributed by atoms with van der Waals surface area (Å²) in [6.07, 6.45) is 8.06. The van der Waals surface area contributed by atoms with E-state index in [1.807, 2.05) is 6.92 Å². The van der Waals surface area contributed by atoms with Crippen LogP contribution in [0.4, 0.5) is 0 Å². The standard InChI is InChI=1S/C10H17NO2S/c1-3-7-11(8-4-2)14(12,13)9-10-5-6-10/h1,10H,4-9H2,2H3. The summed E-state index contributed by atoms with van der Waals surface area (Å²) in [4.78, 5) is 0. The Bertz CT molecular complexity index is 312. The molecule has 1 aliphatic carbocycles.